The van der Waals surface area contributed by atoms with Gasteiger partial charge < -0.3 is 10.0 Å². The molecule has 0 unspecified atom stereocenters. The Balaban J connectivity index is 0.000000980. The van der Waals surface area contributed by atoms with Crippen LogP contribution < -0.4 is 0 Å². The van der Waals surface area contributed by atoms with Crippen LogP contribution in [0, 0.1) is 0 Å². The van der Waals surface area contributed by atoms with Crippen molar-refractivity contribution in [2.45, 2.75) is 91.4 Å². The molecule has 0 atom stereocenters. The third kappa shape index (κ3) is 12.7. The van der Waals surface area contributed by atoms with E-state index >= 15 is 0 Å². The lowest BCUT2D eigenvalue weighted by Gasteiger charge is -2.21. The second kappa shape index (κ2) is 14.9. The van der Waals surface area contributed by atoms with E-state index in [1.54, 1.807) is 5.70 Å². The molecule has 1 heterocycles. The number of nitrogens with zero attached hydrogens (tertiary/aromatic N) is 1. The van der Waals surface area contributed by atoms with Crippen molar-refractivity contribution < 1.29 is 9.90 Å². The van der Waals surface area contributed by atoms with Crippen LogP contribution in [0.2, 0.25) is 0 Å². The zero-order valence-electron chi connectivity index (χ0n) is 15.1. The highest BCUT2D eigenvalue weighted by atomic mass is 16.4. The van der Waals surface area contributed by atoms with Gasteiger partial charge in [-0.2, -0.15) is 0 Å². The van der Waals surface area contributed by atoms with Crippen LogP contribution in [0.1, 0.15) is 91.4 Å². The fourth-order valence-electron chi connectivity index (χ4n) is 2.90. The summed E-state index contributed by atoms with van der Waals surface area (Å²) in [6.45, 7) is 8.23. The molecule has 0 radical (unpaired) electrons. The Morgan fingerprint density at radius 3 is 2.05 bits per heavy atom. The van der Waals surface area contributed by atoms with Crippen LogP contribution in [-0.4, -0.2) is 29.1 Å². The zero-order valence-corrected chi connectivity index (χ0v) is 15.1. The number of carboxylic acid groups (broad SMARTS) is 1. The molecule has 0 aromatic carbocycles. The first-order chi connectivity index (χ1) is 10.6. The van der Waals surface area contributed by atoms with Crippen molar-refractivity contribution in [3.63, 3.8) is 0 Å². The van der Waals surface area contributed by atoms with E-state index in [0.29, 0.717) is 0 Å². The van der Waals surface area contributed by atoms with Crippen molar-refractivity contribution in [3.05, 3.63) is 11.8 Å². The summed E-state index contributed by atoms with van der Waals surface area (Å²) in [4.78, 5) is 11.6. The number of hydrogen-bond acceptors (Lipinski definition) is 2. The van der Waals surface area contributed by atoms with Gasteiger partial charge in [-0.15, -0.1) is 0 Å². The molecular weight excluding hydrogens is 274 g/mol. The van der Waals surface area contributed by atoms with Gasteiger partial charge in [0.15, 0.2) is 0 Å². The molecule has 0 amide bonds. The topological polar surface area (TPSA) is 40.5 Å². The largest absolute Gasteiger partial charge is 0.481 e. The Morgan fingerprint density at radius 2 is 1.55 bits per heavy atom. The summed E-state index contributed by atoms with van der Waals surface area (Å²) in [6.07, 6.45) is 17.8. The standard InChI is InChI=1S/C17H33N.C2H4O2/c1-3-5-6-7-8-9-10-11-12-15-18-16-13-14-17(18)4-2;1-2(3)4/h14H,3-13,15-16H2,1-2H3;1H3,(H,3,4). The number of carboxylic acids is 1. The summed E-state index contributed by atoms with van der Waals surface area (Å²) < 4.78 is 0. The molecule has 0 spiro atoms. The Morgan fingerprint density at radius 1 is 1.05 bits per heavy atom. The SMILES string of the molecule is CC(=O)O.CCCCCCCCCCCN1CCC=C1CC. The lowest BCUT2D eigenvalue weighted by Crippen LogP contribution is -2.20. The van der Waals surface area contributed by atoms with Crippen molar-refractivity contribution in [1.82, 2.24) is 4.90 Å². The maximum absolute atomic E-state index is 9.00. The minimum atomic E-state index is -0.833. The van der Waals surface area contributed by atoms with Gasteiger partial charge in [0.2, 0.25) is 0 Å². The first kappa shape index (κ1) is 21.0. The first-order valence-corrected chi connectivity index (χ1v) is 9.25. The van der Waals surface area contributed by atoms with Crippen LogP contribution in [0.25, 0.3) is 0 Å². The molecule has 0 bridgehead atoms. The van der Waals surface area contributed by atoms with Gasteiger partial charge >= 0.3 is 0 Å². The number of allylic oxidation sites excluding steroid dienone is 1. The van der Waals surface area contributed by atoms with E-state index in [0.717, 1.165) is 6.92 Å². The number of carbonyl (C=O) groups is 1. The van der Waals surface area contributed by atoms with Crippen LogP contribution in [0.5, 0.6) is 0 Å². The smallest absolute Gasteiger partial charge is 0.300 e. The van der Waals surface area contributed by atoms with Gasteiger partial charge in [-0.05, 0) is 19.3 Å². The zero-order chi connectivity index (χ0) is 16.6. The summed E-state index contributed by atoms with van der Waals surface area (Å²) in [7, 11) is 0. The molecular formula is C19H37NO2. The van der Waals surface area contributed by atoms with Gasteiger partial charge in [0.25, 0.3) is 5.97 Å². The van der Waals surface area contributed by atoms with Crippen molar-refractivity contribution in [2.24, 2.45) is 0 Å². The van der Waals surface area contributed by atoms with E-state index in [1.165, 1.54) is 83.7 Å². The molecule has 0 aromatic heterocycles. The molecule has 1 aliphatic rings. The predicted octanol–water partition coefficient (Wildman–Crippen LogP) is 5.61. The summed E-state index contributed by atoms with van der Waals surface area (Å²) in [6, 6.07) is 0. The van der Waals surface area contributed by atoms with Crippen LogP contribution in [0.15, 0.2) is 11.8 Å². The fraction of sp³-hybridized carbons (Fsp3) is 0.842. The van der Waals surface area contributed by atoms with Gasteiger partial charge in [0.1, 0.15) is 0 Å². The summed E-state index contributed by atoms with van der Waals surface area (Å²) >= 11 is 0. The van der Waals surface area contributed by atoms with E-state index in [-0.39, 0.29) is 0 Å². The normalized spacial score (nSPS) is 13.6. The minimum Gasteiger partial charge on any atom is -0.481 e. The number of unbranched alkanes of at least 4 members (excludes halogenated alkanes) is 8. The Labute approximate surface area is 137 Å². The molecule has 0 fully saturated rings. The maximum Gasteiger partial charge on any atom is 0.300 e. The van der Waals surface area contributed by atoms with E-state index in [9.17, 15) is 0 Å². The average molecular weight is 312 g/mol. The monoisotopic (exact) mass is 311 g/mol. The average Bonchev–Trinajstić information content (AvgIpc) is 2.92. The molecule has 0 saturated heterocycles. The highest BCUT2D eigenvalue weighted by molar-refractivity contribution is 5.62. The first-order valence-electron chi connectivity index (χ1n) is 9.25. The van der Waals surface area contributed by atoms with Gasteiger partial charge in [-0.3, -0.25) is 4.79 Å². The highest BCUT2D eigenvalue weighted by Gasteiger charge is 2.11. The summed E-state index contributed by atoms with van der Waals surface area (Å²) in [5.41, 5.74) is 1.59. The molecule has 1 N–H and O–H groups in total. The number of hydrogen-bond donors (Lipinski definition) is 1. The highest BCUT2D eigenvalue weighted by Crippen LogP contribution is 2.18. The number of rotatable bonds is 11. The van der Waals surface area contributed by atoms with Crippen molar-refractivity contribution >= 4 is 5.97 Å². The Hall–Kier alpha value is -0.990. The lowest BCUT2D eigenvalue weighted by atomic mass is 10.1. The van der Waals surface area contributed by atoms with E-state index in [4.69, 9.17) is 9.90 Å². The van der Waals surface area contributed by atoms with Gasteiger partial charge in [0, 0.05) is 25.7 Å². The van der Waals surface area contributed by atoms with E-state index in [1.807, 2.05) is 0 Å². The van der Waals surface area contributed by atoms with Crippen LogP contribution in [-0.2, 0) is 4.79 Å². The number of aliphatic carboxylic acids is 1. The third-order valence-electron chi connectivity index (χ3n) is 4.08. The van der Waals surface area contributed by atoms with Crippen molar-refractivity contribution in [1.29, 1.82) is 0 Å². The molecule has 3 heteroatoms. The fourth-order valence-corrected chi connectivity index (χ4v) is 2.90. The molecule has 1 rings (SSSR count). The van der Waals surface area contributed by atoms with Crippen LogP contribution >= 0.6 is 0 Å². The predicted molar refractivity (Wildman–Crippen MR) is 95.1 cm³/mol. The Bertz CT molecular complexity index is 296. The molecule has 0 saturated carbocycles. The molecule has 3 nitrogen and oxygen atoms in total. The Kier molecular flexibility index (Phi) is 14.3. The second-order valence-electron chi connectivity index (χ2n) is 6.17. The molecule has 130 valence electrons. The summed E-state index contributed by atoms with van der Waals surface area (Å²) in [5, 5.41) is 7.42. The minimum absolute atomic E-state index is 0.833. The van der Waals surface area contributed by atoms with Crippen molar-refractivity contribution in [2.75, 3.05) is 13.1 Å². The van der Waals surface area contributed by atoms with Crippen LogP contribution in [0.3, 0.4) is 0 Å². The molecule has 0 aromatic rings. The van der Waals surface area contributed by atoms with E-state index < -0.39 is 5.97 Å². The molecule has 1 aliphatic heterocycles. The van der Waals surface area contributed by atoms with Gasteiger partial charge in [-0.1, -0.05) is 71.3 Å². The molecule has 0 aliphatic carbocycles. The quantitative estimate of drug-likeness (QED) is 0.504. The summed E-state index contributed by atoms with van der Waals surface area (Å²) in [5.74, 6) is -0.833. The van der Waals surface area contributed by atoms with Crippen molar-refractivity contribution in [3.8, 4) is 0 Å². The molecule has 22 heavy (non-hydrogen) atoms. The van der Waals surface area contributed by atoms with Gasteiger partial charge in [-0.25, -0.2) is 0 Å². The lowest BCUT2D eigenvalue weighted by molar-refractivity contribution is -0.134. The second-order valence-corrected chi connectivity index (χ2v) is 6.17. The van der Waals surface area contributed by atoms with Gasteiger partial charge in [0.05, 0.1) is 0 Å². The van der Waals surface area contributed by atoms with E-state index in [2.05, 4.69) is 24.8 Å². The van der Waals surface area contributed by atoms with Crippen LogP contribution in [0.4, 0.5) is 0 Å². The third-order valence-corrected chi connectivity index (χ3v) is 4.08. The maximum atomic E-state index is 9.00.